The highest BCUT2D eigenvalue weighted by molar-refractivity contribution is 5.80. The van der Waals surface area contributed by atoms with Crippen LogP contribution in [0.15, 0.2) is 0 Å². The molecule has 3 atom stereocenters. The third-order valence-electron chi connectivity index (χ3n) is 2.74. The zero-order valence-corrected chi connectivity index (χ0v) is 9.17. The molecule has 1 aliphatic rings. The number of hydrogen-bond acceptors (Lipinski definition) is 3. The third-order valence-corrected chi connectivity index (χ3v) is 2.74. The molecule has 4 heteroatoms. The lowest BCUT2D eigenvalue weighted by molar-refractivity contribution is -0.122. The number of amides is 1. The number of hydrogen-bond donors (Lipinski definition) is 2. The summed E-state index contributed by atoms with van der Waals surface area (Å²) in [6, 6.07) is 0.279. The Morgan fingerprint density at radius 1 is 1.57 bits per heavy atom. The van der Waals surface area contributed by atoms with Crippen LogP contribution in [0.3, 0.4) is 0 Å². The first-order chi connectivity index (χ1) is 6.65. The van der Waals surface area contributed by atoms with Gasteiger partial charge in [-0.15, -0.1) is 0 Å². The number of carbonyl (C=O) groups is 1. The highest BCUT2D eigenvalue weighted by atomic mass is 16.5. The quantitative estimate of drug-likeness (QED) is 0.681. The SMILES string of the molecule is CNC(=O)C(C)NC1CCOCC1C. The number of carbonyl (C=O) groups excluding carboxylic acids is 1. The minimum absolute atomic E-state index is 0.0451. The van der Waals surface area contributed by atoms with Gasteiger partial charge >= 0.3 is 0 Å². The number of rotatable bonds is 3. The van der Waals surface area contributed by atoms with Crippen LogP contribution in [0, 0.1) is 5.92 Å². The summed E-state index contributed by atoms with van der Waals surface area (Å²) in [5.74, 6) is 0.527. The minimum atomic E-state index is -0.120. The van der Waals surface area contributed by atoms with E-state index in [0.29, 0.717) is 12.0 Å². The molecule has 0 aliphatic carbocycles. The van der Waals surface area contributed by atoms with E-state index in [1.54, 1.807) is 7.05 Å². The first kappa shape index (κ1) is 11.5. The summed E-state index contributed by atoms with van der Waals surface area (Å²) in [6.07, 6.45) is 0.989. The van der Waals surface area contributed by atoms with Gasteiger partial charge in [0.05, 0.1) is 12.6 Å². The molecule has 0 aromatic carbocycles. The van der Waals surface area contributed by atoms with Gasteiger partial charge in [0.1, 0.15) is 0 Å². The second kappa shape index (κ2) is 5.32. The first-order valence-electron chi connectivity index (χ1n) is 5.20. The summed E-state index contributed by atoms with van der Waals surface area (Å²) < 4.78 is 5.34. The van der Waals surface area contributed by atoms with E-state index in [0.717, 1.165) is 19.6 Å². The fourth-order valence-corrected chi connectivity index (χ4v) is 1.74. The lowest BCUT2D eigenvalue weighted by Crippen LogP contribution is -2.50. The molecule has 0 radical (unpaired) electrons. The molecule has 1 heterocycles. The van der Waals surface area contributed by atoms with E-state index in [1.807, 2.05) is 6.92 Å². The molecule has 1 rings (SSSR count). The average molecular weight is 200 g/mol. The maximum absolute atomic E-state index is 11.3. The Labute approximate surface area is 85.4 Å². The molecule has 1 saturated heterocycles. The van der Waals surface area contributed by atoms with Crippen molar-refractivity contribution in [3.63, 3.8) is 0 Å². The van der Waals surface area contributed by atoms with Crippen LogP contribution in [0.2, 0.25) is 0 Å². The molecular weight excluding hydrogens is 180 g/mol. The zero-order chi connectivity index (χ0) is 10.6. The Bertz CT molecular complexity index is 197. The molecule has 82 valence electrons. The van der Waals surface area contributed by atoms with Crippen LogP contribution in [0.25, 0.3) is 0 Å². The Morgan fingerprint density at radius 3 is 2.86 bits per heavy atom. The smallest absolute Gasteiger partial charge is 0.236 e. The molecule has 3 unspecified atom stereocenters. The minimum Gasteiger partial charge on any atom is -0.381 e. The molecule has 1 amide bonds. The van der Waals surface area contributed by atoms with Gasteiger partial charge in [-0.2, -0.15) is 0 Å². The van der Waals surface area contributed by atoms with Crippen molar-refractivity contribution in [1.82, 2.24) is 10.6 Å². The van der Waals surface area contributed by atoms with Crippen LogP contribution in [0.1, 0.15) is 20.3 Å². The number of ether oxygens (including phenoxy) is 1. The van der Waals surface area contributed by atoms with Crippen molar-refractivity contribution in [2.45, 2.75) is 32.4 Å². The molecule has 2 N–H and O–H groups in total. The summed E-state index contributed by atoms with van der Waals surface area (Å²) >= 11 is 0. The van der Waals surface area contributed by atoms with Crippen molar-refractivity contribution in [1.29, 1.82) is 0 Å². The lowest BCUT2D eigenvalue weighted by Gasteiger charge is -2.31. The van der Waals surface area contributed by atoms with Gasteiger partial charge in [0.2, 0.25) is 5.91 Å². The fourth-order valence-electron chi connectivity index (χ4n) is 1.74. The fraction of sp³-hybridized carbons (Fsp3) is 0.900. The molecule has 0 bridgehead atoms. The monoisotopic (exact) mass is 200 g/mol. The van der Waals surface area contributed by atoms with Crippen LogP contribution in [-0.4, -0.2) is 38.3 Å². The topological polar surface area (TPSA) is 50.4 Å². The van der Waals surface area contributed by atoms with E-state index in [1.165, 1.54) is 0 Å². The van der Waals surface area contributed by atoms with E-state index < -0.39 is 0 Å². The van der Waals surface area contributed by atoms with Crippen LogP contribution in [-0.2, 0) is 9.53 Å². The molecule has 1 fully saturated rings. The lowest BCUT2D eigenvalue weighted by atomic mass is 9.97. The third kappa shape index (κ3) is 2.96. The van der Waals surface area contributed by atoms with E-state index in [9.17, 15) is 4.79 Å². The van der Waals surface area contributed by atoms with Crippen LogP contribution in [0.5, 0.6) is 0 Å². The summed E-state index contributed by atoms with van der Waals surface area (Å²) in [7, 11) is 1.66. The van der Waals surface area contributed by atoms with Gasteiger partial charge < -0.3 is 15.4 Å². The summed E-state index contributed by atoms with van der Waals surface area (Å²) in [5, 5.41) is 5.96. The zero-order valence-electron chi connectivity index (χ0n) is 9.17. The molecule has 0 spiro atoms. The van der Waals surface area contributed by atoms with Crippen molar-refractivity contribution in [2.75, 3.05) is 20.3 Å². The van der Waals surface area contributed by atoms with Gasteiger partial charge in [0.25, 0.3) is 0 Å². The van der Waals surface area contributed by atoms with Crippen LogP contribution >= 0.6 is 0 Å². The Morgan fingerprint density at radius 2 is 2.29 bits per heavy atom. The van der Waals surface area contributed by atoms with Crippen molar-refractivity contribution >= 4 is 5.91 Å². The molecule has 14 heavy (non-hydrogen) atoms. The van der Waals surface area contributed by atoms with Gasteiger partial charge in [-0.3, -0.25) is 4.79 Å². The van der Waals surface area contributed by atoms with Gasteiger partial charge in [-0.1, -0.05) is 6.92 Å². The molecule has 1 aliphatic heterocycles. The molecule has 0 aromatic heterocycles. The van der Waals surface area contributed by atoms with Gasteiger partial charge in [0.15, 0.2) is 0 Å². The van der Waals surface area contributed by atoms with E-state index >= 15 is 0 Å². The van der Waals surface area contributed by atoms with E-state index in [2.05, 4.69) is 17.6 Å². The first-order valence-corrected chi connectivity index (χ1v) is 5.20. The van der Waals surface area contributed by atoms with Crippen LogP contribution in [0.4, 0.5) is 0 Å². The second-order valence-electron chi connectivity index (χ2n) is 3.95. The average Bonchev–Trinajstić information content (AvgIpc) is 2.20. The largest absolute Gasteiger partial charge is 0.381 e. The molecule has 4 nitrogen and oxygen atoms in total. The summed E-state index contributed by atoms with van der Waals surface area (Å²) in [5.41, 5.74) is 0. The maximum atomic E-state index is 11.3. The van der Waals surface area contributed by atoms with Crippen LogP contribution < -0.4 is 10.6 Å². The maximum Gasteiger partial charge on any atom is 0.236 e. The molecule has 0 saturated carbocycles. The summed E-state index contributed by atoms with van der Waals surface area (Å²) in [6.45, 7) is 5.62. The molecule has 0 aromatic rings. The normalized spacial score (nSPS) is 29.6. The Kier molecular flexibility index (Phi) is 4.35. The predicted octanol–water partition coefficient (Wildman–Crippen LogP) is 0.135. The molecular formula is C10H20N2O2. The number of nitrogens with one attached hydrogen (secondary N) is 2. The second-order valence-corrected chi connectivity index (χ2v) is 3.95. The van der Waals surface area contributed by atoms with E-state index in [-0.39, 0.29) is 11.9 Å². The van der Waals surface area contributed by atoms with Gasteiger partial charge in [0, 0.05) is 19.7 Å². The highest BCUT2D eigenvalue weighted by Gasteiger charge is 2.24. The number of likely N-dealkylation sites (N-methyl/N-ethyl adjacent to an activating group) is 1. The Balaban J connectivity index is 2.38. The summed E-state index contributed by atoms with van der Waals surface area (Å²) in [4.78, 5) is 11.3. The van der Waals surface area contributed by atoms with Crippen molar-refractivity contribution < 1.29 is 9.53 Å². The van der Waals surface area contributed by atoms with Gasteiger partial charge in [-0.05, 0) is 19.3 Å². The Hall–Kier alpha value is -0.610. The van der Waals surface area contributed by atoms with Gasteiger partial charge in [-0.25, -0.2) is 0 Å². The standard InChI is InChI=1S/C10H20N2O2/c1-7-6-14-5-4-9(7)12-8(2)10(13)11-3/h7-9,12H,4-6H2,1-3H3,(H,11,13). The highest BCUT2D eigenvalue weighted by Crippen LogP contribution is 2.14. The predicted molar refractivity (Wildman–Crippen MR) is 55.1 cm³/mol. The van der Waals surface area contributed by atoms with E-state index in [4.69, 9.17) is 4.74 Å². The van der Waals surface area contributed by atoms with Crippen molar-refractivity contribution in [3.8, 4) is 0 Å². The van der Waals surface area contributed by atoms with Crippen molar-refractivity contribution in [3.05, 3.63) is 0 Å². The van der Waals surface area contributed by atoms with Crippen molar-refractivity contribution in [2.24, 2.45) is 5.92 Å².